The topological polar surface area (TPSA) is 53.1 Å². The summed E-state index contributed by atoms with van der Waals surface area (Å²) in [5.74, 6) is 0. The number of fused-ring (bicyclic) bond motifs is 1. The molecule has 17 heavy (non-hydrogen) atoms. The molecule has 1 fully saturated rings. The lowest BCUT2D eigenvalue weighted by Gasteiger charge is -2.21. The predicted octanol–water partition coefficient (Wildman–Crippen LogP) is 2.57. The molecule has 3 rings (SSSR count). The molecule has 4 heteroatoms. The Hall–Kier alpha value is -2.02. The number of nitrogens with zero attached hydrogens (tertiary/aromatic N) is 3. The Labute approximate surface area is 99.5 Å². The summed E-state index contributed by atoms with van der Waals surface area (Å²) in [5, 5.41) is 9.09. The zero-order valence-corrected chi connectivity index (χ0v) is 9.68. The number of rotatable bonds is 3. The van der Waals surface area contributed by atoms with Crippen molar-refractivity contribution < 1.29 is 4.42 Å². The van der Waals surface area contributed by atoms with Gasteiger partial charge in [0, 0.05) is 25.3 Å². The number of oxazole rings is 1. The van der Waals surface area contributed by atoms with Crippen molar-refractivity contribution in [3.05, 3.63) is 24.6 Å². The van der Waals surface area contributed by atoms with Crippen LogP contribution in [-0.2, 0) is 0 Å². The SMILES string of the molecule is CN(CC1(C#N)CC1)c1ccc2ncoc2c1. The normalized spacial score (nSPS) is 16.7. The summed E-state index contributed by atoms with van der Waals surface area (Å²) in [7, 11) is 2.01. The molecule has 2 aromatic rings. The lowest BCUT2D eigenvalue weighted by molar-refractivity contribution is 0.601. The van der Waals surface area contributed by atoms with E-state index in [1.54, 1.807) is 0 Å². The molecule has 0 spiro atoms. The van der Waals surface area contributed by atoms with Gasteiger partial charge in [0.15, 0.2) is 12.0 Å². The van der Waals surface area contributed by atoms with E-state index in [9.17, 15) is 0 Å². The minimum Gasteiger partial charge on any atom is -0.443 e. The van der Waals surface area contributed by atoms with Crippen LogP contribution >= 0.6 is 0 Å². The van der Waals surface area contributed by atoms with Crippen molar-refractivity contribution in [2.24, 2.45) is 5.41 Å². The second-order valence-corrected chi connectivity index (χ2v) is 4.75. The third-order valence-electron chi connectivity index (χ3n) is 3.39. The van der Waals surface area contributed by atoms with Crippen molar-refractivity contribution in [1.82, 2.24) is 4.98 Å². The molecule has 1 aliphatic carbocycles. The van der Waals surface area contributed by atoms with Gasteiger partial charge in [0.25, 0.3) is 0 Å². The number of hydrogen-bond acceptors (Lipinski definition) is 4. The number of anilines is 1. The Balaban J connectivity index is 1.85. The predicted molar refractivity (Wildman–Crippen MR) is 64.6 cm³/mol. The van der Waals surface area contributed by atoms with Crippen molar-refractivity contribution in [1.29, 1.82) is 5.26 Å². The maximum atomic E-state index is 9.09. The van der Waals surface area contributed by atoms with Gasteiger partial charge in [0.05, 0.1) is 11.5 Å². The summed E-state index contributed by atoms with van der Waals surface area (Å²) in [6.45, 7) is 0.781. The first-order valence-corrected chi connectivity index (χ1v) is 5.68. The van der Waals surface area contributed by atoms with Crippen molar-refractivity contribution in [2.75, 3.05) is 18.5 Å². The second-order valence-electron chi connectivity index (χ2n) is 4.75. The summed E-state index contributed by atoms with van der Waals surface area (Å²) < 4.78 is 5.28. The summed E-state index contributed by atoms with van der Waals surface area (Å²) in [4.78, 5) is 6.19. The Morgan fingerprint density at radius 1 is 1.53 bits per heavy atom. The third kappa shape index (κ3) is 1.74. The Bertz CT molecular complexity index is 592. The molecule has 1 saturated carbocycles. The van der Waals surface area contributed by atoms with Gasteiger partial charge in [0.1, 0.15) is 5.52 Å². The first kappa shape index (κ1) is 10.2. The molecule has 0 N–H and O–H groups in total. The summed E-state index contributed by atoms with van der Waals surface area (Å²) in [6.07, 6.45) is 3.48. The quantitative estimate of drug-likeness (QED) is 0.808. The van der Waals surface area contributed by atoms with E-state index in [2.05, 4.69) is 16.0 Å². The Kier molecular flexibility index (Phi) is 2.08. The van der Waals surface area contributed by atoms with Crippen molar-refractivity contribution in [2.45, 2.75) is 12.8 Å². The number of aromatic nitrogens is 1. The lowest BCUT2D eigenvalue weighted by Crippen LogP contribution is -2.25. The highest BCUT2D eigenvalue weighted by molar-refractivity contribution is 5.77. The minimum atomic E-state index is -0.120. The highest BCUT2D eigenvalue weighted by Crippen LogP contribution is 2.45. The molecule has 0 amide bonds. The van der Waals surface area contributed by atoms with E-state index in [1.807, 2.05) is 25.2 Å². The summed E-state index contributed by atoms with van der Waals surface area (Å²) in [5.41, 5.74) is 2.60. The smallest absolute Gasteiger partial charge is 0.181 e. The zero-order chi connectivity index (χ0) is 11.9. The number of hydrogen-bond donors (Lipinski definition) is 0. The monoisotopic (exact) mass is 227 g/mol. The van der Waals surface area contributed by atoms with Gasteiger partial charge in [-0.1, -0.05) is 0 Å². The van der Waals surface area contributed by atoms with Crippen molar-refractivity contribution in [3.8, 4) is 6.07 Å². The van der Waals surface area contributed by atoms with Crippen LogP contribution in [0.3, 0.4) is 0 Å². The summed E-state index contributed by atoms with van der Waals surface area (Å²) in [6, 6.07) is 8.33. The van der Waals surface area contributed by atoms with E-state index in [0.717, 1.165) is 36.2 Å². The van der Waals surface area contributed by atoms with Gasteiger partial charge >= 0.3 is 0 Å². The largest absolute Gasteiger partial charge is 0.443 e. The van der Waals surface area contributed by atoms with Crippen LogP contribution in [0, 0.1) is 16.7 Å². The fourth-order valence-electron chi connectivity index (χ4n) is 2.08. The third-order valence-corrected chi connectivity index (χ3v) is 3.39. The van der Waals surface area contributed by atoms with Crippen LogP contribution in [-0.4, -0.2) is 18.6 Å². The van der Waals surface area contributed by atoms with Crippen LogP contribution < -0.4 is 4.90 Å². The highest BCUT2D eigenvalue weighted by atomic mass is 16.3. The zero-order valence-electron chi connectivity index (χ0n) is 9.68. The maximum Gasteiger partial charge on any atom is 0.181 e. The van der Waals surface area contributed by atoms with Crippen LogP contribution in [0.4, 0.5) is 5.69 Å². The van der Waals surface area contributed by atoms with Gasteiger partial charge in [0.2, 0.25) is 0 Å². The molecule has 4 nitrogen and oxygen atoms in total. The lowest BCUT2D eigenvalue weighted by atomic mass is 10.1. The van der Waals surface area contributed by atoms with Gasteiger partial charge in [-0.15, -0.1) is 0 Å². The van der Waals surface area contributed by atoms with E-state index in [-0.39, 0.29) is 5.41 Å². The number of nitriles is 1. The summed E-state index contributed by atoms with van der Waals surface area (Å²) >= 11 is 0. The van der Waals surface area contributed by atoms with Gasteiger partial charge in [-0.25, -0.2) is 4.98 Å². The van der Waals surface area contributed by atoms with E-state index in [4.69, 9.17) is 9.68 Å². The van der Waals surface area contributed by atoms with Crippen LogP contribution in [0.1, 0.15) is 12.8 Å². The first-order chi connectivity index (χ1) is 8.22. The Morgan fingerprint density at radius 2 is 2.35 bits per heavy atom. The van der Waals surface area contributed by atoms with Gasteiger partial charge in [-0.2, -0.15) is 5.26 Å². The van der Waals surface area contributed by atoms with E-state index in [1.165, 1.54) is 6.39 Å². The van der Waals surface area contributed by atoms with Gasteiger partial charge < -0.3 is 9.32 Å². The fourth-order valence-corrected chi connectivity index (χ4v) is 2.08. The molecule has 1 aliphatic rings. The molecule has 1 heterocycles. The Morgan fingerprint density at radius 3 is 3.06 bits per heavy atom. The molecule has 0 radical (unpaired) electrons. The molecule has 86 valence electrons. The van der Waals surface area contributed by atoms with E-state index in [0.29, 0.717) is 0 Å². The van der Waals surface area contributed by atoms with Crippen LogP contribution in [0.5, 0.6) is 0 Å². The fraction of sp³-hybridized carbons (Fsp3) is 0.385. The maximum absolute atomic E-state index is 9.09. The second kappa shape index (κ2) is 3.49. The minimum absolute atomic E-state index is 0.120. The van der Waals surface area contributed by atoms with E-state index >= 15 is 0 Å². The molecule has 0 saturated heterocycles. The van der Waals surface area contributed by atoms with Crippen LogP contribution in [0.15, 0.2) is 29.0 Å². The molecular formula is C13H13N3O. The molecule has 0 atom stereocenters. The molecule has 1 aromatic carbocycles. The van der Waals surface area contributed by atoms with Crippen molar-refractivity contribution >= 4 is 16.8 Å². The number of benzene rings is 1. The molecule has 0 unspecified atom stereocenters. The molecule has 1 aromatic heterocycles. The first-order valence-electron chi connectivity index (χ1n) is 5.68. The molecule has 0 aliphatic heterocycles. The van der Waals surface area contributed by atoms with E-state index < -0.39 is 0 Å². The molecule has 0 bridgehead atoms. The van der Waals surface area contributed by atoms with Crippen molar-refractivity contribution in [3.63, 3.8) is 0 Å². The van der Waals surface area contributed by atoms with Crippen LogP contribution in [0.2, 0.25) is 0 Å². The van der Waals surface area contributed by atoms with Crippen LogP contribution in [0.25, 0.3) is 11.1 Å². The highest BCUT2D eigenvalue weighted by Gasteiger charge is 2.44. The molecular weight excluding hydrogens is 214 g/mol. The van der Waals surface area contributed by atoms with Gasteiger partial charge in [-0.3, -0.25) is 0 Å². The average molecular weight is 227 g/mol. The van der Waals surface area contributed by atoms with Gasteiger partial charge in [-0.05, 0) is 25.0 Å². The average Bonchev–Trinajstić information content (AvgIpc) is 2.96. The standard InChI is InChI=1S/C13H13N3O/c1-16(8-13(7-14)4-5-13)10-2-3-11-12(6-10)17-9-15-11/h2-3,6,9H,4-5,8H2,1H3.